The van der Waals surface area contributed by atoms with Crippen molar-refractivity contribution in [2.24, 2.45) is 0 Å². The van der Waals surface area contributed by atoms with Gasteiger partial charge in [-0.1, -0.05) is 0 Å². The molecular formula is C15H20Cl2SiTi. The van der Waals surface area contributed by atoms with E-state index in [9.17, 15) is 0 Å². The van der Waals surface area contributed by atoms with Gasteiger partial charge in [0.1, 0.15) is 0 Å². The van der Waals surface area contributed by atoms with Crippen molar-refractivity contribution < 1.29 is 44.0 Å². The average molecular weight is 347 g/mol. The third-order valence-corrected chi connectivity index (χ3v) is 16.1. The first-order valence-corrected chi connectivity index (χ1v) is 11.0. The van der Waals surface area contributed by atoms with Crippen LogP contribution in [0.5, 0.6) is 0 Å². The number of hydrogen-bond acceptors (Lipinski definition) is 0. The van der Waals surface area contributed by atoms with Crippen molar-refractivity contribution in [1.82, 2.24) is 0 Å². The van der Waals surface area contributed by atoms with Crippen LogP contribution in [0.4, 0.5) is 0 Å². The molecule has 2 aliphatic carbocycles. The van der Waals surface area contributed by atoms with Gasteiger partial charge in [-0.25, -0.2) is 0 Å². The van der Waals surface area contributed by atoms with Gasteiger partial charge in [0.15, 0.2) is 0 Å². The molecule has 0 bridgehead atoms. The molecular weight excluding hydrogens is 327 g/mol. The summed E-state index contributed by atoms with van der Waals surface area (Å²) in [5.41, 5.74) is 0. The van der Waals surface area contributed by atoms with E-state index < -0.39 is 8.07 Å². The van der Waals surface area contributed by atoms with Crippen LogP contribution in [0.1, 0.15) is 19.8 Å². The summed E-state index contributed by atoms with van der Waals surface area (Å²) in [5.74, 6) is 0. The standard InChI is InChI=1S/C10H15Si.C5H5.2ClH.Ti/c1-2-11(8-5-9-11)10-6-3-4-7-10;1-2-4-5-3-1;;;/h3-4,6-7H,2,5,8-9H2,1H3;1-3H,4H2;2*1H;/q;;;;+2/p-2. The number of rotatable bonds is 4. The molecule has 3 aliphatic rings. The number of halogens is 2. The van der Waals surface area contributed by atoms with E-state index in [-0.39, 0.29) is 44.0 Å². The van der Waals surface area contributed by atoms with E-state index in [1.807, 2.05) is 0 Å². The second-order valence-electron chi connectivity index (χ2n) is 5.52. The zero-order chi connectivity index (χ0) is 11.8. The van der Waals surface area contributed by atoms with Gasteiger partial charge >= 0.3 is 115 Å². The first-order chi connectivity index (χ1) is 8.30. The molecule has 0 spiro atoms. The number of allylic oxidation sites excluding steroid dienone is 8. The largest absolute Gasteiger partial charge is 1.00 e. The van der Waals surface area contributed by atoms with Crippen LogP contribution in [0.2, 0.25) is 21.5 Å². The van der Waals surface area contributed by atoms with Crippen LogP contribution < -0.4 is 24.8 Å². The summed E-state index contributed by atoms with van der Waals surface area (Å²) < 4.78 is 2.37. The third-order valence-electron chi connectivity index (χ3n) is 4.83. The van der Waals surface area contributed by atoms with Crippen LogP contribution in [0, 0.1) is 0 Å². The van der Waals surface area contributed by atoms with Crippen LogP contribution in [0.15, 0.2) is 46.4 Å². The molecule has 102 valence electrons. The van der Waals surface area contributed by atoms with Gasteiger partial charge < -0.3 is 24.8 Å². The molecule has 0 N–H and O–H groups in total. The van der Waals surface area contributed by atoms with E-state index in [0.29, 0.717) is 3.34 Å². The Labute approximate surface area is 139 Å². The Balaban J connectivity index is 0.000000902. The maximum absolute atomic E-state index is 2.60. The molecule has 1 heterocycles. The SMILES string of the molecule is CC[Si]1([C]2([Ti+2][C]3=CC=CC3)C=CC=C2)CCC1.[Cl-].[Cl-]. The van der Waals surface area contributed by atoms with Gasteiger partial charge in [-0.2, -0.15) is 0 Å². The fourth-order valence-corrected chi connectivity index (χ4v) is 13.9. The maximum atomic E-state index is 2.60. The summed E-state index contributed by atoms with van der Waals surface area (Å²) in [6.07, 6.45) is 19.6. The molecule has 0 amide bonds. The van der Waals surface area contributed by atoms with Gasteiger partial charge in [-0.05, 0) is 0 Å². The maximum Gasteiger partial charge on any atom is -1.00 e. The minimum absolute atomic E-state index is 0. The topological polar surface area (TPSA) is 0 Å². The molecule has 0 atom stereocenters. The molecule has 0 aromatic rings. The fourth-order valence-electron chi connectivity index (χ4n) is 3.51. The summed E-state index contributed by atoms with van der Waals surface area (Å²) in [6.45, 7) is 2.46. The van der Waals surface area contributed by atoms with Crippen molar-refractivity contribution in [1.29, 1.82) is 0 Å². The van der Waals surface area contributed by atoms with Crippen molar-refractivity contribution in [3.63, 3.8) is 0 Å². The monoisotopic (exact) mass is 346 g/mol. The zero-order valence-corrected chi connectivity index (χ0v) is 15.4. The van der Waals surface area contributed by atoms with E-state index in [1.165, 1.54) is 18.9 Å². The van der Waals surface area contributed by atoms with E-state index in [0.717, 1.165) is 0 Å². The quantitative estimate of drug-likeness (QED) is 0.550. The van der Waals surface area contributed by atoms with Crippen molar-refractivity contribution >= 4 is 8.07 Å². The average Bonchev–Trinajstić information content (AvgIpc) is 2.90. The predicted molar refractivity (Wildman–Crippen MR) is 73.3 cm³/mol. The summed E-state index contributed by atoms with van der Waals surface area (Å²) in [4.78, 5) is 0. The van der Waals surface area contributed by atoms with Gasteiger partial charge in [0.2, 0.25) is 0 Å². The van der Waals surface area contributed by atoms with Gasteiger partial charge in [0.05, 0.1) is 0 Å². The van der Waals surface area contributed by atoms with E-state index in [2.05, 4.69) is 49.5 Å². The van der Waals surface area contributed by atoms with Crippen LogP contribution >= 0.6 is 0 Å². The third kappa shape index (κ3) is 2.91. The molecule has 1 saturated heterocycles. The van der Waals surface area contributed by atoms with Gasteiger partial charge in [0.25, 0.3) is 0 Å². The minimum Gasteiger partial charge on any atom is -1.00 e. The van der Waals surface area contributed by atoms with E-state index in [4.69, 9.17) is 0 Å². The Hall–Kier alpha value is 0.471. The Kier molecular flexibility index (Phi) is 6.41. The number of hydrogen-bond donors (Lipinski definition) is 0. The van der Waals surface area contributed by atoms with E-state index in [1.54, 1.807) is 16.0 Å². The molecule has 1 fully saturated rings. The smallest absolute Gasteiger partial charge is 1.00 e. The Morgan fingerprint density at radius 2 is 1.84 bits per heavy atom. The summed E-state index contributed by atoms with van der Waals surface area (Å²) >= 11 is 0.0121. The molecule has 0 radical (unpaired) electrons. The molecule has 19 heavy (non-hydrogen) atoms. The van der Waals surface area contributed by atoms with Crippen molar-refractivity contribution in [2.75, 3.05) is 0 Å². The molecule has 0 unspecified atom stereocenters. The minimum atomic E-state index is -0.988. The Morgan fingerprint density at radius 1 is 1.16 bits per heavy atom. The fraction of sp³-hybridized carbons (Fsp3) is 0.467. The first kappa shape index (κ1) is 17.5. The second-order valence-corrected chi connectivity index (χ2v) is 14.1. The molecule has 0 saturated carbocycles. The van der Waals surface area contributed by atoms with Crippen LogP contribution in [-0.4, -0.2) is 8.07 Å². The molecule has 3 rings (SSSR count). The van der Waals surface area contributed by atoms with Gasteiger partial charge in [-0.3, -0.25) is 0 Å². The van der Waals surface area contributed by atoms with Crippen LogP contribution in [-0.2, 0) is 19.2 Å². The van der Waals surface area contributed by atoms with Gasteiger partial charge in [-0.15, -0.1) is 0 Å². The normalized spacial score (nSPS) is 23.9. The van der Waals surface area contributed by atoms with Crippen LogP contribution in [0.25, 0.3) is 0 Å². The molecule has 4 heteroatoms. The first-order valence-electron chi connectivity index (χ1n) is 6.81. The van der Waals surface area contributed by atoms with Gasteiger partial charge in [0, 0.05) is 0 Å². The summed E-state index contributed by atoms with van der Waals surface area (Å²) in [7, 11) is -0.988. The molecule has 0 nitrogen and oxygen atoms in total. The van der Waals surface area contributed by atoms with Crippen LogP contribution in [0.3, 0.4) is 0 Å². The Morgan fingerprint density at radius 3 is 2.26 bits per heavy atom. The van der Waals surface area contributed by atoms with Crippen molar-refractivity contribution in [3.05, 3.63) is 46.4 Å². The summed E-state index contributed by atoms with van der Waals surface area (Å²) in [5, 5.41) is 0. The molecule has 0 aromatic heterocycles. The zero-order valence-electron chi connectivity index (χ0n) is 11.3. The van der Waals surface area contributed by atoms with Crippen molar-refractivity contribution in [3.8, 4) is 0 Å². The van der Waals surface area contributed by atoms with Crippen molar-refractivity contribution in [2.45, 2.75) is 41.2 Å². The second kappa shape index (κ2) is 6.96. The van der Waals surface area contributed by atoms with E-state index >= 15 is 0 Å². The molecule has 1 aliphatic heterocycles. The Bertz CT molecular complexity index is 416. The predicted octanol–water partition coefficient (Wildman–Crippen LogP) is -1.38. The summed E-state index contributed by atoms with van der Waals surface area (Å²) in [6, 6.07) is 4.66. The molecule has 0 aromatic carbocycles.